The molecule has 30 heavy (non-hydrogen) atoms. The van der Waals surface area contributed by atoms with E-state index in [4.69, 9.17) is 10.6 Å². The van der Waals surface area contributed by atoms with Crippen molar-refractivity contribution in [2.24, 2.45) is 5.84 Å². The summed E-state index contributed by atoms with van der Waals surface area (Å²) in [6.07, 6.45) is 2.69. The Morgan fingerprint density at radius 2 is 1.73 bits per heavy atom. The Morgan fingerprint density at radius 3 is 2.30 bits per heavy atom. The van der Waals surface area contributed by atoms with Gasteiger partial charge in [0.1, 0.15) is 17.7 Å². The van der Waals surface area contributed by atoms with Crippen molar-refractivity contribution in [3.8, 4) is 0 Å². The fourth-order valence-corrected chi connectivity index (χ4v) is 2.70. The summed E-state index contributed by atoms with van der Waals surface area (Å²) in [5, 5.41) is 5.22. The lowest BCUT2D eigenvalue weighted by molar-refractivity contribution is -0.130. The van der Waals surface area contributed by atoms with Gasteiger partial charge >= 0.3 is 6.09 Å². The van der Waals surface area contributed by atoms with Gasteiger partial charge in [0.15, 0.2) is 0 Å². The van der Waals surface area contributed by atoms with E-state index in [9.17, 15) is 14.4 Å². The van der Waals surface area contributed by atoms with Crippen LogP contribution in [0, 0.1) is 0 Å². The molecule has 0 aliphatic rings. The van der Waals surface area contributed by atoms with Crippen LogP contribution >= 0.6 is 0 Å². The van der Waals surface area contributed by atoms with E-state index < -0.39 is 35.6 Å². The van der Waals surface area contributed by atoms with Gasteiger partial charge in [-0.15, -0.1) is 0 Å². The molecular formula is C20H28N6O4. The van der Waals surface area contributed by atoms with Crippen molar-refractivity contribution in [1.82, 2.24) is 26.0 Å². The molecule has 6 N–H and O–H groups in total. The highest BCUT2D eigenvalue weighted by Gasteiger charge is 2.29. The second kappa shape index (κ2) is 10.4. The first-order chi connectivity index (χ1) is 14.2. The molecule has 0 spiro atoms. The fourth-order valence-electron chi connectivity index (χ4n) is 2.70. The molecule has 0 saturated carbocycles. The minimum Gasteiger partial charge on any atom is -0.444 e. The average Bonchev–Trinajstić information content (AvgIpc) is 3.18. The highest BCUT2D eigenvalue weighted by molar-refractivity contribution is 5.91. The number of carbonyl (C=O) groups is 3. The topological polar surface area (TPSA) is 151 Å². The van der Waals surface area contributed by atoms with Gasteiger partial charge in [-0.2, -0.15) is 0 Å². The van der Waals surface area contributed by atoms with Crippen LogP contribution in [0.25, 0.3) is 0 Å². The quantitative estimate of drug-likeness (QED) is 0.241. The molecule has 162 valence electrons. The fraction of sp³-hybridized carbons (Fsp3) is 0.400. The molecule has 1 aromatic heterocycles. The highest BCUT2D eigenvalue weighted by Crippen LogP contribution is 2.09. The number of aromatic nitrogens is 2. The summed E-state index contributed by atoms with van der Waals surface area (Å²) in [5.74, 6) is 4.13. The van der Waals surface area contributed by atoms with E-state index in [-0.39, 0.29) is 12.8 Å². The number of rotatable bonds is 8. The van der Waals surface area contributed by atoms with Crippen LogP contribution in [0.2, 0.25) is 0 Å². The van der Waals surface area contributed by atoms with E-state index in [1.807, 2.05) is 35.8 Å². The van der Waals surface area contributed by atoms with Crippen molar-refractivity contribution in [2.45, 2.75) is 51.3 Å². The van der Waals surface area contributed by atoms with E-state index >= 15 is 0 Å². The maximum atomic E-state index is 13.0. The lowest BCUT2D eigenvalue weighted by Crippen LogP contribution is -2.56. The number of nitrogens with zero attached hydrogens (tertiary/aromatic N) is 1. The van der Waals surface area contributed by atoms with Crippen LogP contribution < -0.4 is 21.9 Å². The monoisotopic (exact) mass is 416 g/mol. The number of carbonyl (C=O) groups excluding carboxylic acids is 3. The lowest BCUT2D eigenvalue weighted by atomic mass is 10.0. The van der Waals surface area contributed by atoms with Crippen molar-refractivity contribution in [2.75, 3.05) is 0 Å². The zero-order valence-corrected chi connectivity index (χ0v) is 17.3. The molecule has 3 amide bonds. The third kappa shape index (κ3) is 7.55. The second-order valence-corrected chi connectivity index (χ2v) is 7.72. The lowest BCUT2D eigenvalue weighted by Gasteiger charge is -2.25. The van der Waals surface area contributed by atoms with Crippen molar-refractivity contribution < 1.29 is 19.1 Å². The molecular weight excluding hydrogens is 388 g/mol. The number of H-pyrrole nitrogens is 1. The molecule has 10 heteroatoms. The summed E-state index contributed by atoms with van der Waals surface area (Å²) in [4.78, 5) is 44.3. The Labute approximate surface area is 174 Å². The molecule has 0 radical (unpaired) electrons. The van der Waals surface area contributed by atoms with Crippen LogP contribution in [0.4, 0.5) is 4.79 Å². The molecule has 1 heterocycles. The Hall–Kier alpha value is -3.40. The Morgan fingerprint density at radius 1 is 1.07 bits per heavy atom. The summed E-state index contributed by atoms with van der Waals surface area (Å²) < 4.78 is 5.27. The molecule has 2 rings (SSSR count). The molecule has 0 saturated heterocycles. The molecule has 0 unspecified atom stereocenters. The Bertz CT molecular complexity index is 833. The summed E-state index contributed by atoms with van der Waals surface area (Å²) in [7, 11) is 0. The molecule has 0 bridgehead atoms. The maximum Gasteiger partial charge on any atom is 0.408 e. The predicted molar refractivity (Wildman–Crippen MR) is 110 cm³/mol. The number of nitrogens with one attached hydrogen (secondary N) is 4. The zero-order chi connectivity index (χ0) is 22.1. The number of hydrogen-bond acceptors (Lipinski definition) is 6. The Balaban J connectivity index is 2.16. The van der Waals surface area contributed by atoms with Crippen molar-refractivity contribution in [3.05, 3.63) is 54.1 Å². The van der Waals surface area contributed by atoms with Crippen LogP contribution in [0.1, 0.15) is 32.0 Å². The molecule has 0 fully saturated rings. The average molecular weight is 416 g/mol. The standard InChI is InChI=1S/C20H28N6O4/c1-20(2,3)30-19(29)25-15(9-13-7-5-4-6-8-13)17(27)24-16(18(28)26-21)10-14-11-22-12-23-14/h4-8,11-12,15-16H,9-10,21H2,1-3H3,(H,22,23)(H,24,27)(H,25,29)(H,26,28)/t15-,16-/m0/s1. The van der Waals surface area contributed by atoms with Gasteiger partial charge in [0.25, 0.3) is 5.91 Å². The van der Waals surface area contributed by atoms with E-state index in [0.717, 1.165) is 5.56 Å². The Kier molecular flexibility index (Phi) is 7.93. The number of hydrogen-bond donors (Lipinski definition) is 5. The number of ether oxygens (including phenoxy) is 1. The summed E-state index contributed by atoms with van der Waals surface area (Å²) in [5.41, 5.74) is 2.72. The summed E-state index contributed by atoms with van der Waals surface area (Å²) >= 11 is 0. The smallest absolute Gasteiger partial charge is 0.408 e. The van der Waals surface area contributed by atoms with Crippen LogP contribution in [-0.4, -0.2) is 45.6 Å². The van der Waals surface area contributed by atoms with Gasteiger partial charge in [-0.25, -0.2) is 15.6 Å². The molecule has 0 aliphatic carbocycles. The molecule has 0 aliphatic heterocycles. The van der Waals surface area contributed by atoms with Gasteiger partial charge in [-0.1, -0.05) is 30.3 Å². The maximum absolute atomic E-state index is 13.0. The summed E-state index contributed by atoms with van der Waals surface area (Å²) in [6.45, 7) is 5.18. The van der Waals surface area contributed by atoms with Gasteiger partial charge < -0.3 is 20.4 Å². The number of alkyl carbamates (subject to hydrolysis) is 1. The van der Waals surface area contributed by atoms with Crippen molar-refractivity contribution in [3.63, 3.8) is 0 Å². The van der Waals surface area contributed by atoms with Crippen LogP contribution in [-0.2, 0) is 27.2 Å². The van der Waals surface area contributed by atoms with Crippen LogP contribution in [0.15, 0.2) is 42.9 Å². The first kappa shape index (κ1) is 22.9. The summed E-state index contributed by atoms with van der Waals surface area (Å²) in [6, 6.07) is 7.26. The molecule has 2 aromatic rings. The van der Waals surface area contributed by atoms with E-state index in [0.29, 0.717) is 5.69 Å². The largest absolute Gasteiger partial charge is 0.444 e. The predicted octanol–water partition coefficient (Wildman–Crippen LogP) is 0.563. The van der Waals surface area contributed by atoms with Crippen LogP contribution in [0.5, 0.6) is 0 Å². The van der Waals surface area contributed by atoms with Crippen molar-refractivity contribution >= 4 is 17.9 Å². The number of nitrogens with two attached hydrogens (primary N) is 1. The third-order valence-electron chi connectivity index (χ3n) is 4.03. The van der Waals surface area contributed by atoms with Gasteiger partial charge in [0, 0.05) is 19.0 Å². The number of amides is 3. The first-order valence-corrected chi connectivity index (χ1v) is 9.50. The minimum atomic E-state index is -0.968. The first-order valence-electron chi connectivity index (χ1n) is 9.50. The van der Waals surface area contributed by atoms with E-state index in [2.05, 4.69) is 20.6 Å². The SMILES string of the molecule is CC(C)(C)OC(=O)N[C@@H](Cc1ccccc1)C(=O)N[C@@H](Cc1c[nH]cn1)C(=O)NN. The number of benzene rings is 1. The van der Waals surface area contributed by atoms with Gasteiger partial charge in [-0.05, 0) is 26.3 Å². The van der Waals surface area contributed by atoms with Crippen LogP contribution in [0.3, 0.4) is 0 Å². The molecule has 10 nitrogen and oxygen atoms in total. The zero-order valence-electron chi connectivity index (χ0n) is 17.3. The van der Waals surface area contributed by atoms with Gasteiger partial charge in [0.05, 0.1) is 12.0 Å². The van der Waals surface area contributed by atoms with Gasteiger partial charge in [-0.3, -0.25) is 15.0 Å². The normalized spacial score (nSPS) is 13.1. The van der Waals surface area contributed by atoms with Gasteiger partial charge in [0.2, 0.25) is 5.91 Å². The van der Waals surface area contributed by atoms with E-state index in [1.54, 1.807) is 27.0 Å². The molecule has 2 atom stereocenters. The van der Waals surface area contributed by atoms with E-state index in [1.165, 1.54) is 6.33 Å². The highest BCUT2D eigenvalue weighted by atomic mass is 16.6. The molecule has 1 aromatic carbocycles. The van der Waals surface area contributed by atoms with Crippen molar-refractivity contribution in [1.29, 1.82) is 0 Å². The third-order valence-corrected chi connectivity index (χ3v) is 4.03. The second-order valence-electron chi connectivity index (χ2n) is 7.72. The number of hydrazine groups is 1. The number of aromatic amines is 1. The number of imidazole rings is 1. The minimum absolute atomic E-state index is 0.128.